The van der Waals surface area contributed by atoms with E-state index in [1.54, 1.807) is 4.90 Å². The van der Waals surface area contributed by atoms with Gasteiger partial charge in [0.05, 0.1) is 12.6 Å². The van der Waals surface area contributed by atoms with Crippen LogP contribution in [0.15, 0.2) is 0 Å². The van der Waals surface area contributed by atoms with Crippen LogP contribution in [0.5, 0.6) is 0 Å². The van der Waals surface area contributed by atoms with Gasteiger partial charge in [0.2, 0.25) is 0 Å². The van der Waals surface area contributed by atoms with Crippen LogP contribution < -0.4 is 5.73 Å². The average Bonchev–Trinajstić information content (AvgIpc) is 2.19. The third-order valence-electron chi connectivity index (χ3n) is 2.64. The van der Waals surface area contributed by atoms with Crippen LogP contribution in [0.1, 0.15) is 34.1 Å². The Bertz CT molecular complexity index is 263. The maximum absolute atomic E-state index is 11.9. The molecule has 0 saturated carbocycles. The van der Waals surface area contributed by atoms with Crippen LogP contribution in [0.2, 0.25) is 0 Å². The molecule has 0 spiro atoms. The molecule has 5 heteroatoms. The van der Waals surface area contributed by atoms with Gasteiger partial charge in [-0.25, -0.2) is 4.79 Å². The summed E-state index contributed by atoms with van der Waals surface area (Å²) in [6, 6.07) is 0.00800. The van der Waals surface area contributed by atoms with Crippen molar-refractivity contribution in [3.8, 4) is 0 Å². The lowest BCUT2D eigenvalue weighted by atomic mass is 10.0. The Kier molecular flexibility index (Phi) is 4.77. The zero-order chi connectivity index (χ0) is 13.1. The molecule has 2 N–H and O–H groups in total. The van der Waals surface area contributed by atoms with Gasteiger partial charge in [0.1, 0.15) is 5.60 Å². The van der Waals surface area contributed by atoms with Crippen LogP contribution in [0.4, 0.5) is 4.79 Å². The van der Waals surface area contributed by atoms with Gasteiger partial charge < -0.3 is 20.1 Å². The summed E-state index contributed by atoms with van der Waals surface area (Å²) in [5.41, 5.74) is 5.49. The summed E-state index contributed by atoms with van der Waals surface area (Å²) < 4.78 is 10.9. The Morgan fingerprint density at radius 3 is 2.65 bits per heavy atom. The van der Waals surface area contributed by atoms with Crippen molar-refractivity contribution in [2.45, 2.75) is 51.9 Å². The number of hydrogen-bond donors (Lipinski definition) is 1. The maximum Gasteiger partial charge on any atom is 0.410 e. The fraction of sp³-hybridized carbons (Fsp3) is 0.917. The third kappa shape index (κ3) is 4.52. The van der Waals surface area contributed by atoms with Crippen LogP contribution >= 0.6 is 0 Å². The van der Waals surface area contributed by atoms with Gasteiger partial charge in [0.25, 0.3) is 0 Å². The molecule has 1 saturated heterocycles. The number of carbonyl (C=O) groups is 1. The van der Waals surface area contributed by atoms with E-state index in [1.807, 2.05) is 27.7 Å². The average molecular weight is 244 g/mol. The van der Waals surface area contributed by atoms with Crippen LogP contribution in [0.3, 0.4) is 0 Å². The van der Waals surface area contributed by atoms with Gasteiger partial charge in [-0.1, -0.05) is 0 Å². The van der Waals surface area contributed by atoms with E-state index >= 15 is 0 Å². The quantitative estimate of drug-likeness (QED) is 0.796. The highest BCUT2D eigenvalue weighted by Crippen LogP contribution is 2.16. The molecule has 0 bridgehead atoms. The van der Waals surface area contributed by atoms with Crippen LogP contribution in [-0.4, -0.2) is 48.4 Å². The fourth-order valence-corrected chi connectivity index (χ4v) is 1.82. The van der Waals surface area contributed by atoms with Crippen molar-refractivity contribution in [2.24, 2.45) is 5.73 Å². The van der Waals surface area contributed by atoms with Gasteiger partial charge in [-0.15, -0.1) is 0 Å². The number of amides is 1. The molecule has 0 aromatic heterocycles. The molecule has 0 aromatic rings. The SMILES string of the molecule is CCO[C@H]1CN(C(=O)OC(C)(C)C)CC[C@H]1N. The van der Waals surface area contributed by atoms with Crippen LogP contribution in [0, 0.1) is 0 Å². The zero-order valence-corrected chi connectivity index (χ0v) is 11.2. The molecule has 100 valence electrons. The first-order valence-corrected chi connectivity index (χ1v) is 6.18. The summed E-state index contributed by atoms with van der Waals surface area (Å²) in [5.74, 6) is 0. The highest BCUT2D eigenvalue weighted by Gasteiger charge is 2.31. The standard InChI is InChI=1S/C12H24N2O3/c1-5-16-10-8-14(7-6-9(10)13)11(15)17-12(2,3)4/h9-10H,5-8,13H2,1-4H3/t9-,10+/m1/s1. The number of nitrogens with zero attached hydrogens (tertiary/aromatic N) is 1. The number of nitrogens with two attached hydrogens (primary N) is 1. The van der Waals surface area contributed by atoms with Gasteiger partial charge in [-0.05, 0) is 34.1 Å². The molecule has 5 nitrogen and oxygen atoms in total. The van der Waals surface area contributed by atoms with Crippen molar-refractivity contribution in [3.05, 3.63) is 0 Å². The summed E-state index contributed by atoms with van der Waals surface area (Å²) in [7, 11) is 0. The lowest BCUT2D eigenvalue weighted by Gasteiger charge is -2.37. The van der Waals surface area contributed by atoms with E-state index in [0.29, 0.717) is 19.7 Å². The molecule has 0 unspecified atom stereocenters. The number of likely N-dealkylation sites (tertiary alicyclic amines) is 1. The molecule has 0 aliphatic carbocycles. The Balaban J connectivity index is 2.52. The monoisotopic (exact) mass is 244 g/mol. The molecule has 1 heterocycles. The first-order chi connectivity index (χ1) is 7.83. The Labute approximate surface area is 103 Å². The lowest BCUT2D eigenvalue weighted by molar-refractivity contribution is -0.0248. The normalized spacial score (nSPS) is 25.8. The number of carbonyl (C=O) groups excluding carboxylic acids is 1. The highest BCUT2D eigenvalue weighted by atomic mass is 16.6. The first-order valence-electron chi connectivity index (χ1n) is 6.18. The van der Waals surface area contributed by atoms with Crippen molar-refractivity contribution >= 4 is 6.09 Å². The molecule has 1 amide bonds. The van der Waals surface area contributed by atoms with Gasteiger partial charge in [-0.2, -0.15) is 0 Å². The number of rotatable bonds is 2. The summed E-state index contributed by atoms with van der Waals surface area (Å²) in [6.45, 7) is 9.28. The topological polar surface area (TPSA) is 64.8 Å². The largest absolute Gasteiger partial charge is 0.444 e. The third-order valence-corrected chi connectivity index (χ3v) is 2.64. The molecule has 1 aliphatic heterocycles. The molecule has 1 aliphatic rings. The van der Waals surface area contributed by atoms with E-state index in [-0.39, 0.29) is 18.2 Å². The van der Waals surface area contributed by atoms with Gasteiger partial charge in [0.15, 0.2) is 0 Å². The molecule has 2 atom stereocenters. The van der Waals surface area contributed by atoms with Gasteiger partial charge in [0, 0.05) is 19.2 Å². The first kappa shape index (κ1) is 14.3. The minimum atomic E-state index is -0.461. The van der Waals surface area contributed by atoms with Gasteiger partial charge >= 0.3 is 6.09 Å². The number of ether oxygens (including phenoxy) is 2. The van der Waals surface area contributed by atoms with Crippen molar-refractivity contribution in [1.82, 2.24) is 4.90 Å². The van der Waals surface area contributed by atoms with Crippen LogP contribution in [-0.2, 0) is 9.47 Å². The van der Waals surface area contributed by atoms with Gasteiger partial charge in [-0.3, -0.25) is 0 Å². The predicted molar refractivity (Wildman–Crippen MR) is 65.8 cm³/mol. The minimum absolute atomic E-state index is 0.00800. The number of hydrogen-bond acceptors (Lipinski definition) is 4. The van der Waals surface area contributed by atoms with E-state index < -0.39 is 5.60 Å². The zero-order valence-electron chi connectivity index (χ0n) is 11.2. The molecule has 0 radical (unpaired) electrons. The fourth-order valence-electron chi connectivity index (χ4n) is 1.82. The van der Waals surface area contributed by atoms with E-state index in [9.17, 15) is 4.79 Å². The van der Waals surface area contributed by atoms with E-state index in [0.717, 1.165) is 6.42 Å². The molecule has 1 fully saturated rings. The van der Waals surface area contributed by atoms with E-state index in [4.69, 9.17) is 15.2 Å². The number of piperidine rings is 1. The second kappa shape index (κ2) is 5.69. The van der Waals surface area contributed by atoms with Crippen LogP contribution in [0.25, 0.3) is 0 Å². The molecule has 0 aromatic carbocycles. The Morgan fingerprint density at radius 2 is 2.12 bits per heavy atom. The Hall–Kier alpha value is -0.810. The lowest BCUT2D eigenvalue weighted by Crippen LogP contribution is -2.54. The van der Waals surface area contributed by atoms with Crippen molar-refractivity contribution in [2.75, 3.05) is 19.7 Å². The summed E-state index contributed by atoms with van der Waals surface area (Å²) >= 11 is 0. The van der Waals surface area contributed by atoms with E-state index in [2.05, 4.69) is 0 Å². The van der Waals surface area contributed by atoms with Crippen molar-refractivity contribution in [3.63, 3.8) is 0 Å². The maximum atomic E-state index is 11.9. The molecular weight excluding hydrogens is 220 g/mol. The summed E-state index contributed by atoms with van der Waals surface area (Å²) in [4.78, 5) is 13.6. The second-order valence-electron chi connectivity index (χ2n) is 5.37. The molecular formula is C12H24N2O3. The predicted octanol–water partition coefficient (Wildman–Crippen LogP) is 1.36. The van der Waals surface area contributed by atoms with Crippen molar-refractivity contribution in [1.29, 1.82) is 0 Å². The smallest absolute Gasteiger partial charge is 0.410 e. The Morgan fingerprint density at radius 1 is 1.47 bits per heavy atom. The molecule has 17 heavy (non-hydrogen) atoms. The second-order valence-corrected chi connectivity index (χ2v) is 5.37. The van der Waals surface area contributed by atoms with Crippen molar-refractivity contribution < 1.29 is 14.3 Å². The molecule has 1 rings (SSSR count). The highest BCUT2D eigenvalue weighted by molar-refractivity contribution is 5.68. The minimum Gasteiger partial charge on any atom is -0.444 e. The van der Waals surface area contributed by atoms with E-state index in [1.165, 1.54) is 0 Å². The summed E-state index contributed by atoms with van der Waals surface area (Å²) in [6.07, 6.45) is 0.388. The summed E-state index contributed by atoms with van der Waals surface area (Å²) in [5, 5.41) is 0.